The first kappa shape index (κ1) is 9.01. The molecule has 1 heterocycles. The smallest absolute Gasteiger partial charge is 0.0705 e. The van der Waals surface area contributed by atoms with Crippen LogP contribution in [0.5, 0.6) is 0 Å². The molecule has 0 amide bonds. The highest BCUT2D eigenvalue weighted by Gasteiger charge is 2.27. The number of hydrogen-bond acceptors (Lipinski definition) is 2. The van der Waals surface area contributed by atoms with Gasteiger partial charge in [-0.05, 0) is 19.8 Å². The molecule has 2 nitrogen and oxygen atoms in total. The molecule has 1 aliphatic rings. The maximum Gasteiger partial charge on any atom is 0.0705 e. The lowest BCUT2D eigenvalue weighted by molar-refractivity contribution is 0.164. The summed E-state index contributed by atoms with van der Waals surface area (Å²) in [6, 6.07) is 0.872. The lowest BCUT2D eigenvalue weighted by atomic mass is 10.1. The standard InChI is InChI=1S/C9H19NO/c1-3-4-5-8-6-9(11)7(2)10-8/h7-11H,3-6H2,1-2H3/t7-,8+,9-/m0/s1. The number of nitrogens with one attached hydrogen (secondary N) is 1. The molecule has 0 aromatic rings. The summed E-state index contributed by atoms with van der Waals surface area (Å²) in [7, 11) is 0. The fourth-order valence-corrected chi connectivity index (χ4v) is 1.70. The Balaban J connectivity index is 2.18. The summed E-state index contributed by atoms with van der Waals surface area (Å²) in [6.07, 6.45) is 4.58. The predicted molar refractivity (Wildman–Crippen MR) is 46.5 cm³/mol. The summed E-state index contributed by atoms with van der Waals surface area (Å²) in [5.74, 6) is 0. The number of hydrogen-bond donors (Lipinski definition) is 2. The van der Waals surface area contributed by atoms with E-state index in [-0.39, 0.29) is 6.10 Å². The molecule has 1 rings (SSSR count). The molecular formula is C9H19NO. The van der Waals surface area contributed by atoms with Crippen LogP contribution in [-0.4, -0.2) is 23.3 Å². The van der Waals surface area contributed by atoms with Crippen molar-refractivity contribution in [1.82, 2.24) is 5.32 Å². The van der Waals surface area contributed by atoms with E-state index >= 15 is 0 Å². The minimum Gasteiger partial charge on any atom is -0.391 e. The molecule has 0 radical (unpaired) electrons. The van der Waals surface area contributed by atoms with E-state index in [4.69, 9.17) is 0 Å². The molecule has 66 valence electrons. The molecule has 0 spiro atoms. The molecule has 0 aliphatic carbocycles. The Bertz CT molecular complexity index is 106. The van der Waals surface area contributed by atoms with Gasteiger partial charge in [-0.1, -0.05) is 19.8 Å². The molecule has 0 aromatic carbocycles. The van der Waals surface area contributed by atoms with Crippen molar-refractivity contribution in [2.45, 2.75) is 57.7 Å². The number of aliphatic hydroxyl groups excluding tert-OH is 1. The largest absolute Gasteiger partial charge is 0.391 e. The molecule has 11 heavy (non-hydrogen) atoms. The highest BCUT2D eigenvalue weighted by molar-refractivity contribution is 4.87. The average molecular weight is 157 g/mol. The summed E-state index contributed by atoms with van der Waals surface area (Å²) in [4.78, 5) is 0. The summed E-state index contributed by atoms with van der Waals surface area (Å²) >= 11 is 0. The fourth-order valence-electron chi connectivity index (χ4n) is 1.70. The second-order valence-electron chi connectivity index (χ2n) is 3.60. The summed E-state index contributed by atoms with van der Waals surface area (Å²) < 4.78 is 0. The molecule has 1 saturated heterocycles. The van der Waals surface area contributed by atoms with Gasteiger partial charge in [0, 0.05) is 12.1 Å². The highest BCUT2D eigenvalue weighted by Crippen LogP contribution is 2.17. The molecule has 3 atom stereocenters. The van der Waals surface area contributed by atoms with Gasteiger partial charge in [0.2, 0.25) is 0 Å². The molecule has 0 aromatic heterocycles. The minimum atomic E-state index is -0.114. The van der Waals surface area contributed by atoms with Gasteiger partial charge in [0.05, 0.1) is 6.10 Å². The summed E-state index contributed by atoms with van der Waals surface area (Å²) in [5, 5.41) is 12.8. The van der Waals surface area contributed by atoms with Gasteiger partial charge < -0.3 is 10.4 Å². The first-order valence-electron chi connectivity index (χ1n) is 4.68. The van der Waals surface area contributed by atoms with Gasteiger partial charge in [0.25, 0.3) is 0 Å². The monoisotopic (exact) mass is 157 g/mol. The Labute approximate surface area is 69.0 Å². The number of rotatable bonds is 3. The van der Waals surface area contributed by atoms with Crippen molar-refractivity contribution in [3.63, 3.8) is 0 Å². The Morgan fingerprint density at radius 2 is 2.27 bits per heavy atom. The minimum absolute atomic E-state index is 0.114. The van der Waals surface area contributed by atoms with Crippen molar-refractivity contribution >= 4 is 0 Å². The second kappa shape index (κ2) is 4.07. The summed E-state index contributed by atoms with van der Waals surface area (Å²) in [5.41, 5.74) is 0. The van der Waals surface area contributed by atoms with Crippen molar-refractivity contribution in [3.8, 4) is 0 Å². The van der Waals surface area contributed by atoms with Crippen LogP contribution in [0.4, 0.5) is 0 Å². The van der Waals surface area contributed by atoms with Crippen molar-refractivity contribution in [1.29, 1.82) is 0 Å². The zero-order valence-corrected chi connectivity index (χ0v) is 7.51. The third kappa shape index (κ3) is 2.46. The molecule has 0 saturated carbocycles. The van der Waals surface area contributed by atoms with E-state index in [0.29, 0.717) is 12.1 Å². The van der Waals surface area contributed by atoms with Crippen molar-refractivity contribution in [2.75, 3.05) is 0 Å². The van der Waals surface area contributed by atoms with Gasteiger partial charge in [0.15, 0.2) is 0 Å². The molecule has 1 aliphatic heterocycles. The second-order valence-corrected chi connectivity index (χ2v) is 3.60. The maximum absolute atomic E-state index is 9.40. The first-order valence-corrected chi connectivity index (χ1v) is 4.68. The van der Waals surface area contributed by atoms with E-state index in [1.54, 1.807) is 0 Å². The van der Waals surface area contributed by atoms with Crippen molar-refractivity contribution in [2.24, 2.45) is 0 Å². The first-order chi connectivity index (χ1) is 5.24. The van der Waals surface area contributed by atoms with Gasteiger partial charge in [-0.2, -0.15) is 0 Å². The zero-order chi connectivity index (χ0) is 8.27. The van der Waals surface area contributed by atoms with E-state index in [0.717, 1.165) is 6.42 Å². The lowest BCUT2D eigenvalue weighted by Gasteiger charge is -2.09. The van der Waals surface area contributed by atoms with Crippen LogP contribution in [0.1, 0.15) is 39.5 Å². The van der Waals surface area contributed by atoms with Crippen LogP contribution < -0.4 is 5.32 Å². The van der Waals surface area contributed by atoms with E-state index in [9.17, 15) is 5.11 Å². The lowest BCUT2D eigenvalue weighted by Crippen LogP contribution is -2.30. The van der Waals surface area contributed by atoms with Gasteiger partial charge in [-0.15, -0.1) is 0 Å². The number of unbranched alkanes of at least 4 members (excludes halogenated alkanes) is 1. The predicted octanol–water partition coefficient (Wildman–Crippen LogP) is 1.29. The normalized spacial score (nSPS) is 37.9. The van der Waals surface area contributed by atoms with Gasteiger partial charge >= 0.3 is 0 Å². The van der Waals surface area contributed by atoms with Gasteiger partial charge in [-0.3, -0.25) is 0 Å². The molecule has 0 unspecified atom stereocenters. The SMILES string of the molecule is CCCC[C@@H]1C[C@H](O)[C@H](C)N1. The quantitative estimate of drug-likeness (QED) is 0.647. The average Bonchev–Trinajstić information content (AvgIpc) is 2.28. The van der Waals surface area contributed by atoms with Crippen LogP contribution in [-0.2, 0) is 0 Å². The van der Waals surface area contributed by atoms with Crippen LogP contribution >= 0.6 is 0 Å². The molecule has 2 heteroatoms. The number of aliphatic hydroxyl groups is 1. The Kier molecular flexibility index (Phi) is 3.34. The van der Waals surface area contributed by atoms with Crippen LogP contribution in [0.15, 0.2) is 0 Å². The Hall–Kier alpha value is -0.0800. The van der Waals surface area contributed by atoms with Gasteiger partial charge in [-0.25, -0.2) is 0 Å². The van der Waals surface area contributed by atoms with Crippen molar-refractivity contribution < 1.29 is 5.11 Å². The van der Waals surface area contributed by atoms with E-state index in [1.807, 2.05) is 0 Å². The topological polar surface area (TPSA) is 32.3 Å². The van der Waals surface area contributed by atoms with E-state index in [2.05, 4.69) is 19.2 Å². The van der Waals surface area contributed by atoms with Crippen LogP contribution in [0.25, 0.3) is 0 Å². The molecule has 2 N–H and O–H groups in total. The maximum atomic E-state index is 9.40. The van der Waals surface area contributed by atoms with Crippen LogP contribution in [0, 0.1) is 0 Å². The highest BCUT2D eigenvalue weighted by atomic mass is 16.3. The Morgan fingerprint density at radius 1 is 1.55 bits per heavy atom. The van der Waals surface area contributed by atoms with Crippen LogP contribution in [0.2, 0.25) is 0 Å². The fraction of sp³-hybridized carbons (Fsp3) is 1.00. The Morgan fingerprint density at radius 3 is 2.73 bits per heavy atom. The molecular weight excluding hydrogens is 138 g/mol. The van der Waals surface area contributed by atoms with Crippen LogP contribution in [0.3, 0.4) is 0 Å². The zero-order valence-electron chi connectivity index (χ0n) is 7.51. The van der Waals surface area contributed by atoms with Crippen molar-refractivity contribution in [3.05, 3.63) is 0 Å². The van der Waals surface area contributed by atoms with E-state index < -0.39 is 0 Å². The third-order valence-corrected chi connectivity index (χ3v) is 2.51. The summed E-state index contributed by atoms with van der Waals surface area (Å²) in [6.45, 7) is 4.26. The van der Waals surface area contributed by atoms with E-state index in [1.165, 1.54) is 19.3 Å². The molecule has 1 fully saturated rings. The molecule has 0 bridgehead atoms. The van der Waals surface area contributed by atoms with Gasteiger partial charge in [0.1, 0.15) is 0 Å². The third-order valence-electron chi connectivity index (χ3n) is 2.51.